The Labute approximate surface area is 167 Å². The highest BCUT2D eigenvalue weighted by atomic mass is 127. The molecule has 5 nitrogen and oxygen atoms in total. The SMILES string of the molecule is CN=C(NCCSC)NCC1CCN(c2ccccc2OC)C1.I. The summed E-state index contributed by atoms with van der Waals surface area (Å²) in [7, 11) is 3.56. The van der Waals surface area contributed by atoms with E-state index in [1.807, 2.05) is 30.9 Å². The maximum Gasteiger partial charge on any atom is 0.191 e. The molecule has 24 heavy (non-hydrogen) atoms. The zero-order chi connectivity index (χ0) is 16.5. The number of halogens is 1. The van der Waals surface area contributed by atoms with E-state index in [2.05, 4.69) is 38.9 Å². The first-order valence-electron chi connectivity index (χ1n) is 8.10. The Morgan fingerprint density at radius 3 is 2.88 bits per heavy atom. The summed E-state index contributed by atoms with van der Waals surface area (Å²) in [6, 6.07) is 8.25. The highest BCUT2D eigenvalue weighted by molar-refractivity contribution is 14.0. The number of anilines is 1. The minimum atomic E-state index is 0. The maximum atomic E-state index is 5.48. The second-order valence-electron chi connectivity index (χ2n) is 5.65. The standard InChI is InChI=1S/C17H28N4OS.HI/c1-18-17(19-9-11-23-3)20-12-14-8-10-21(13-14)15-6-4-5-7-16(15)22-2;/h4-7,14H,8-13H2,1-3H3,(H2,18,19,20);1H. The summed E-state index contributed by atoms with van der Waals surface area (Å²) in [5.74, 6) is 3.57. The molecule has 0 amide bonds. The van der Waals surface area contributed by atoms with Crippen molar-refractivity contribution in [3.05, 3.63) is 24.3 Å². The van der Waals surface area contributed by atoms with Gasteiger partial charge in [-0.2, -0.15) is 11.8 Å². The number of nitrogens with one attached hydrogen (secondary N) is 2. The van der Waals surface area contributed by atoms with Crippen LogP contribution in [0.2, 0.25) is 0 Å². The minimum absolute atomic E-state index is 0. The molecule has 1 aromatic rings. The number of thioether (sulfide) groups is 1. The van der Waals surface area contributed by atoms with Crippen molar-refractivity contribution in [3.8, 4) is 5.75 Å². The van der Waals surface area contributed by atoms with Crippen molar-refractivity contribution in [2.75, 3.05) is 57.2 Å². The molecule has 0 spiro atoms. The lowest BCUT2D eigenvalue weighted by molar-refractivity contribution is 0.414. The number of hydrogen-bond acceptors (Lipinski definition) is 4. The van der Waals surface area contributed by atoms with Gasteiger partial charge in [0.25, 0.3) is 0 Å². The zero-order valence-corrected chi connectivity index (χ0v) is 17.9. The average molecular weight is 464 g/mol. The Bertz CT molecular complexity index is 515. The van der Waals surface area contributed by atoms with Crippen molar-refractivity contribution in [1.29, 1.82) is 0 Å². The molecule has 7 heteroatoms. The quantitative estimate of drug-likeness (QED) is 0.281. The summed E-state index contributed by atoms with van der Waals surface area (Å²) in [6.45, 7) is 4.02. The fraction of sp³-hybridized carbons (Fsp3) is 0.588. The van der Waals surface area contributed by atoms with Gasteiger partial charge >= 0.3 is 0 Å². The Hall–Kier alpha value is -0.830. The van der Waals surface area contributed by atoms with Crippen LogP contribution in [0.4, 0.5) is 5.69 Å². The van der Waals surface area contributed by atoms with Crippen LogP contribution >= 0.6 is 35.7 Å². The largest absolute Gasteiger partial charge is 0.495 e. The number of rotatable bonds is 7. The molecule has 1 atom stereocenters. The predicted molar refractivity (Wildman–Crippen MR) is 116 cm³/mol. The van der Waals surface area contributed by atoms with Crippen molar-refractivity contribution >= 4 is 47.4 Å². The van der Waals surface area contributed by atoms with Crippen molar-refractivity contribution in [1.82, 2.24) is 10.6 Å². The highest BCUT2D eigenvalue weighted by Gasteiger charge is 2.24. The molecule has 1 fully saturated rings. The van der Waals surface area contributed by atoms with Crippen LogP contribution in [0.25, 0.3) is 0 Å². The molecule has 1 saturated heterocycles. The first kappa shape index (κ1) is 21.2. The van der Waals surface area contributed by atoms with E-state index in [9.17, 15) is 0 Å². The van der Waals surface area contributed by atoms with E-state index in [1.54, 1.807) is 7.11 Å². The first-order chi connectivity index (χ1) is 11.3. The van der Waals surface area contributed by atoms with Gasteiger partial charge in [0, 0.05) is 39.0 Å². The van der Waals surface area contributed by atoms with Gasteiger partial charge < -0.3 is 20.3 Å². The van der Waals surface area contributed by atoms with Crippen LogP contribution in [0.1, 0.15) is 6.42 Å². The summed E-state index contributed by atoms with van der Waals surface area (Å²) >= 11 is 1.84. The van der Waals surface area contributed by atoms with Crippen molar-refractivity contribution in [2.45, 2.75) is 6.42 Å². The average Bonchev–Trinajstić information content (AvgIpc) is 3.06. The molecule has 2 N–H and O–H groups in total. The second kappa shape index (κ2) is 11.7. The molecule has 1 heterocycles. The lowest BCUT2D eigenvalue weighted by Crippen LogP contribution is -2.41. The number of benzene rings is 1. The van der Waals surface area contributed by atoms with Gasteiger partial charge in [-0.15, -0.1) is 24.0 Å². The van der Waals surface area contributed by atoms with Gasteiger partial charge in [-0.1, -0.05) is 12.1 Å². The van der Waals surface area contributed by atoms with Gasteiger partial charge in [-0.05, 0) is 30.7 Å². The summed E-state index contributed by atoms with van der Waals surface area (Å²) in [5, 5.41) is 6.78. The Morgan fingerprint density at radius 1 is 1.38 bits per heavy atom. The molecule has 0 aliphatic carbocycles. The molecular weight excluding hydrogens is 435 g/mol. The van der Waals surface area contributed by atoms with E-state index in [0.717, 1.165) is 43.6 Å². The topological polar surface area (TPSA) is 48.9 Å². The van der Waals surface area contributed by atoms with Crippen LogP contribution in [0, 0.1) is 5.92 Å². The third kappa shape index (κ3) is 6.23. The summed E-state index contributed by atoms with van der Waals surface area (Å²) < 4.78 is 5.48. The van der Waals surface area contributed by atoms with Crippen LogP contribution in [0.5, 0.6) is 5.75 Å². The first-order valence-corrected chi connectivity index (χ1v) is 9.49. The summed E-state index contributed by atoms with van der Waals surface area (Å²) in [5.41, 5.74) is 1.19. The second-order valence-corrected chi connectivity index (χ2v) is 6.63. The van der Waals surface area contributed by atoms with Crippen LogP contribution < -0.4 is 20.3 Å². The molecular formula is C17H29IN4OS. The van der Waals surface area contributed by atoms with Crippen LogP contribution in [0.15, 0.2) is 29.3 Å². The number of hydrogen-bond donors (Lipinski definition) is 2. The zero-order valence-electron chi connectivity index (χ0n) is 14.7. The number of methoxy groups -OCH3 is 1. The van der Waals surface area contributed by atoms with Gasteiger partial charge in [0.2, 0.25) is 0 Å². The van der Waals surface area contributed by atoms with E-state index in [-0.39, 0.29) is 24.0 Å². The summed E-state index contributed by atoms with van der Waals surface area (Å²) in [6.07, 6.45) is 3.30. The van der Waals surface area contributed by atoms with E-state index in [0.29, 0.717) is 5.92 Å². The normalized spacial score (nSPS) is 17.4. The lowest BCUT2D eigenvalue weighted by Gasteiger charge is -2.21. The molecule has 1 aliphatic rings. The Kier molecular flexibility index (Phi) is 10.3. The van der Waals surface area contributed by atoms with Crippen LogP contribution in [-0.2, 0) is 0 Å². The summed E-state index contributed by atoms with van der Waals surface area (Å²) in [4.78, 5) is 6.69. The Balaban J connectivity index is 0.00000288. The third-order valence-corrected chi connectivity index (χ3v) is 4.70. The van der Waals surface area contributed by atoms with Gasteiger partial charge in [0.05, 0.1) is 12.8 Å². The smallest absolute Gasteiger partial charge is 0.191 e. The van der Waals surface area contributed by atoms with E-state index in [4.69, 9.17) is 4.74 Å². The van der Waals surface area contributed by atoms with Gasteiger partial charge in [-0.25, -0.2) is 0 Å². The molecule has 0 saturated carbocycles. The molecule has 1 unspecified atom stereocenters. The fourth-order valence-electron chi connectivity index (χ4n) is 2.84. The molecule has 1 aromatic carbocycles. The van der Waals surface area contributed by atoms with Gasteiger partial charge in [0.1, 0.15) is 5.75 Å². The van der Waals surface area contributed by atoms with Crippen molar-refractivity contribution in [2.24, 2.45) is 10.9 Å². The minimum Gasteiger partial charge on any atom is -0.495 e. The third-order valence-electron chi connectivity index (χ3n) is 4.09. The monoisotopic (exact) mass is 464 g/mol. The molecule has 0 aromatic heterocycles. The molecule has 1 aliphatic heterocycles. The van der Waals surface area contributed by atoms with E-state index < -0.39 is 0 Å². The number of nitrogens with zero attached hydrogens (tertiary/aromatic N) is 2. The molecule has 0 radical (unpaired) electrons. The molecule has 0 bridgehead atoms. The van der Waals surface area contributed by atoms with E-state index >= 15 is 0 Å². The maximum absolute atomic E-state index is 5.48. The van der Waals surface area contributed by atoms with Crippen molar-refractivity contribution < 1.29 is 4.74 Å². The number of guanidine groups is 1. The van der Waals surface area contributed by atoms with Gasteiger partial charge in [0.15, 0.2) is 5.96 Å². The number of ether oxygens (including phenoxy) is 1. The van der Waals surface area contributed by atoms with Crippen LogP contribution in [-0.4, -0.2) is 58.3 Å². The Morgan fingerprint density at radius 2 is 2.17 bits per heavy atom. The lowest BCUT2D eigenvalue weighted by atomic mass is 10.1. The number of aliphatic imine (C=N–C) groups is 1. The van der Waals surface area contributed by atoms with E-state index in [1.165, 1.54) is 12.1 Å². The van der Waals surface area contributed by atoms with Crippen molar-refractivity contribution in [3.63, 3.8) is 0 Å². The predicted octanol–water partition coefficient (Wildman–Crippen LogP) is 2.67. The highest BCUT2D eigenvalue weighted by Crippen LogP contribution is 2.31. The molecule has 136 valence electrons. The van der Waals surface area contributed by atoms with Gasteiger partial charge in [-0.3, -0.25) is 4.99 Å². The van der Waals surface area contributed by atoms with Crippen LogP contribution in [0.3, 0.4) is 0 Å². The fourth-order valence-corrected chi connectivity index (χ4v) is 3.15. The molecule has 2 rings (SSSR count). The number of para-hydroxylation sites is 2.